The Kier molecular flexibility index (Phi) is 6.56. The highest BCUT2D eigenvalue weighted by molar-refractivity contribution is 5.75. The standard InChI is InChI=1S/C14H28N2O/c1-12-6-8-13(9-7-12)11-15-10-4-5-14(17)16(2)3/h12-13,15H,4-11H2,1-3H3. The molecule has 0 aromatic heterocycles. The van der Waals surface area contributed by atoms with Crippen molar-refractivity contribution in [2.45, 2.75) is 45.4 Å². The predicted octanol–water partition coefficient (Wildman–Crippen LogP) is 2.27. The van der Waals surface area contributed by atoms with Crippen molar-refractivity contribution in [1.29, 1.82) is 0 Å². The first kappa shape index (κ1) is 14.5. The van der Waals surface area contributed by atoms with E-state index < -0.39 is 0 Å². The van der Waals surface area contributed by atoms with E-state index in [2.05, 4.69) is 12.2 Å². The van der Waals surface area contributed by atoms with Gasteiger partial charge < -0.3 is 10.2 Å². The fourth-order valence-corrected chi connectivity index (χ4v) is 2.43. The number of hydrogen-bond acceptors (Lipinski definition) is 2. The van der Waals surface area contributed by atoms with Gasteiger partial charge >= 0.3 is 0 Å². The maximum Gasteiger partial charge on any atom is 0.222 e. The third kappa shape index (κ3) is 6.06. The van der Waals surface area contributed by atoms with Crippen molar-refractivity contribution in [3.63, 3.8) is 0 Å². The van der Waals surface area contributed by atoms with Crippen LogP contribution in [0.3, 0.4) is 0 Å². The topological polar surface area (TPSA) is 32.3 Å². The molecule has 1 aliphatic carbocycles. The van der Waals surface area contributed by atoms with Crippen molar-refractivity contribution in [2.24, 2.45) is 11.8 Å². The molecule has 0 atom stereocenters. The van der Waals surface area contributed by atoms with Crippen LogP contribution in [0.15, 0.2) is 0 Å². The summed E-state index contributed by atoms with van der Waals surface area (Å²) in [6, 6.07) is 0. The van der Waals surface area contributed by atoms with Crippen LogP contribution in [-0.2, 0) is 4.79 Å². The van der Waals surface area contributed by atoms with Crippen LogP contribution in [0.1, 0.15) is 45.4 Å². The fraction of sp³-hybridized carbons (Fsp3) is 0.929. The number of rotatable bonds is 6. The minimum Gasteiger partial charge on any atom is -0.349 e. The van der Waals surface area contributed by atoms with Crippen molar-refractivity contribution in [3.8, 4) is 0 Å². The smallest absolute Gasteiger partial charge is 0.222 e. The van der Waals surface area contributed by atoms with Gasteiger partial charge in [-0.25, -0.2) is 0 Å². The fourth-order valence-electron chi connectivity index (χ4n) is 2.43. The molecule has 0 saturated heterocycles. The van der Waals surface area contributed by atoms with Crippen LogP contribution in [0.2, 0.25) is 0 Å². The number of nitrogens with zero attached hydrogens (tertiary/aromatic N) is 1. The van der Waals surface area contributed by atoms with Gasteiger partial charge in [0.25, 0.3) is 0 Å². The molecule has 0 spiro atoms. The first-order chi connectivity index (χ1) is 8.09. The molecular formula is C14H28N2O. The van der Waals surface area contributed by atoms with Gasteiger partial charge in [-0.3, -0.25) is 4.79 Å². The maximum atomic E-state index is 11.3. The van der Waals surface area contributed by atoms with Crippen LogP contribution in [0.5, 0.6) is 0 Å². The number of nitrogens with one attached hydrogen (secondary N) is 1. The van der Waals surface area contributed by atoms with Crippen LogP contribution in [0.25, 0.3) is 0 Å². The van der Waals surface area contributed by atoms with Gasteiger partial charge in [0.15, 0.2) is 0 Å². The zero-order valence-corrected chi connectivity index (χ0v) is 11.7. The highest BCUT2D eigenvalue weighted by Gasteiger charge is 2.17. The van der Waals surface area contributed by atoms with Crippen LogP contribution in [0.4, 0.5) is 0 Å². The number of hydrogen-bond donors (Lipinski definition) is 1. The molecule has 3 heteroatoms. The van der Waals surface area contributed by atoms with Crippen molar-refractivity contribution in [3.05, 3.63) is 0 Å². The van der Waals surface area contributed by atoms with Gasteiger partial charge in [-0.1, -0.05) is 19.8 Å². The average molecular weight is 240 g/mol. The molecule has 1 amide bonds. The van der Waals surface area contributed by atoms with Crippen molar-refractivity contribution < 1.29 is 4.79 Å². The van der Waals surface area contributed by atoms with Crippen molar-refractivity contribution in [1.82, 2.24) is 10.2 Å². The Balaban J connectivity index is 1.96. The number of carbonyl (C=O) groups excluding carboxylic acids is 1. The van der Waals surface area contributed by atoms with Crippen LogP contribution in [0, 0.1) is 11.8 Å². The SMILES string of the molecule is CC1CCC(CNCCCC(=O)N(C)C)CC1. The largest absolute Gasteiger partial charge is 0.349 e. The zero-order valence-electron chi connectivity index (χ0n) is 11.7. The van der Waals surface area contributed by atoms with Crippen LogP contribution in [-0.4, -0.2) is 38.0 Å². The van der Waals surface area contributed by atoms with E-state index in [-0.39, 0.29) is 5.91 Å². The monoisotopic (exact) mass is 240 g/mol. The molecule has 0 bridgehead atoms. The van der Waals surface area contributed by atoms with Crippen LogP contribution < -0.4 is 5.32 Å². The predicted molar refractivity (Wildman–Crippen MR) is 71.9 cm³/mol. The third-order valence-corrected chi connectivity index (χ3v) is 3.81. The van der Waals surface area contributed by atoms with E-state index in [1.165, 1.54) is 25.7 Å². The summed E-state index contributed by atoms with van der Waals surface area (Å²) >= 11 is 0. The first-order valence-corrected chi connectivity index (χ1v) is 7.00. The molecule has 1 N–H and O–H groups in total. The molecule has 0 unspecified atom stereocenters. The third-order valence-electron chi connectivity index (χ3n) is 3.81. The second-order valence-electron chi connectivity index (χ2n) is 5.72. The molecule has 1 aliphatic rings. The van der Waals surface area contributed by atoms with Crippen LogP contribution >= 0.6 is 0 Å². The Morgan fingerprint density at radius 3 is 2.47 bits per heavy atom. The Morgan fingerprint density at radius 2 is 1.88 bits per heavy atom. The molecule has 0 aliphatic heterocycles. The number of amides is 1. The second-order valence-corrected chi connectivity index (χ2v) is 5.72. The first-order valence-electron chi connectivity index (χ1n) is 7.00. The lowest BCUT2D eigenvalue weighted by Gasteiger charge is -2.26. The molecule has 0 aromatic rings. The molecule has 1 rings (SSSR count). The molecule has 100 valence electrons. The Morgan fingerprint density at radius 1 is 1.24 bits per heavy atom. The zero-order chi connectivity index (χ0) is 12.7. The molecule has 17 heavy (non-hydrogen) atoms. The van der Waals surface area contributed by atoms with Gasteiger partial charge in [-0.15, -0.1) is 0 Å². The summed E-state index contributed by atoms with van der Waals surface area (Å²) in [5.74, 6) is 2.04. The summed E-state index contributed by atoms with van der Waals surface area (Å²) in [5.41, 5.74) is 0. The van der Waals surface area contributed by atoms with E-state index in [1.54, 1.807) is 4.90 Å². The normalized spacial score (nSPS) is 24.6. The van der Waals surface area contributed by atoms with E-state index in [1.807, 2.05) is 14.1 Å². The van der Waals surface area contributed by atoms with E-state index >= 15 is 0 Å². The molecule has 1 fully saturated rings. The van der Waals surface area contributed by atoms with Crippen molar-refractivity contribution in [2.75, 3.05) is 27.2 Å². The quantitative estimate of drug-likeness (QED) is 0.722. The van der Waals surface area contributed by atoms with Gasteiger partial charge in [0.1, 0.15) is 0 Å². The summed E-state index contributed by atoms with van der Waals surface area (Å²) < 4.78 is 0. The summed E-state index contributed by atoms with van der Waals surface area (Å²) in [5, 5.41) is 3.49. The summed E-state index contributed by atoms with van der Waals surface area (Å²) in [6.07, 6.45) is 7.17. The van der Waals surface area contributed by atoms with E-state index in [9.17, 15) is 4.79 Å². The lowest BCUT2D eigenvalue weighted by Crippen LogP contribution is -2.28. The second kappa shape index (κ2) is 7.70. The number of carbonyl (C=O) groups is 1. The molecule has 1 saturated carbocycles. The lowest BCUT2D eigenvalue weighted by molar-refractivity contribution is -0.128. The van der Waals surface area contributed by atoms with Crippen molar-refractivity contribution >= 4 is 5.91 Å². The lowest BCUT2D eigenvalue weighted by atomic mass is 9.83. The van der Waals surface area contributed by atoms with Gasteiger partial charge in [0.05, 0.1) is 0 Å². The maximum absolute atomic E-state index is 11.3. The minimum absolute atomic E-state index is 0.235. The Hall–Kier alpha value is -0.570. The molecular weight excluding hydrogens is 212 g/mol. The molecule has 3 nitrogen and oxygen atoms in total. The molecule has 0 heterocycles. The van der Waals surface area contributed by atoms with Gasteiger partial charge in [0, 0.05) is 20.5 Å². The van der Waals surface area contributed by atoms with Gasteiger partial charge in [0.2, 0.25) is 5.91 Å². The van der Waals surface area contributed by atoms with Gasteiger partial charge in [-0.05, 0) is 44.2 Å². The average Bonchev–Trinajstić information content (AvgIpc) is 2.30. The van der Waals surface area contributed by atoms with E-state index in [0.29, 0.717) is 6.42 Å². The minimum atomic E-state index is 0.235. The summed E-state index contributed by atoms with van der Waals surface area (Å²) in [7, 11) is 3.64. The highest BCUT2D eigenvalue weighted by atomic mass is 16.2. The highest BCUT2D eigenvalue weighted by Crippen LogP contribution is 2.27. The van der Waals surface area contributed by atoms with E-state index in [0.717, 1.165) is 31.3 Å². The Labute approximate surface area is 106 Å². The summed E-state index contributed by atoms with van der Waals surface area (Å²) in [6.45, 7) is 4.48. The van der Waals surface area contributed by atoms with E-state index in [4.69, 9.17) is 0 Å². The van der Waals surface area contributed by atoms with Gasteiger partial charge in [-0.2, -0.15) is 0 Å². The Bertz CT molecular complexity index is 220. The molecule has 0 aromatic carbocycles. The molecule has 0 radical (unpaired) electrons. The summed E-state index contributed by atoms with van der Waals surface area (Å²) in [4.78, 5) is 13.0.